The van der Waals surface area contributed by atoms with Crippen LogP contribution >= 0.6 is 0 Å². The maximum absolute atomic E-state index is 11.7. The number of carbonyl (C=O) groups is 1. The lowest BCUT2D eigenvalue weighted by molar-refractivity contribution is -0.111. The minimum Gasteiger partial charge on any atom is -0.321 e. The molecule has 0 aliphatic heterocycles. The fourth-order valence-electron chi connectivity index (χ4n) is 1.24. The molecule has 92 valence electrons. The molecule has 0 fully saturated rings. The van der Waals surface area contributed by atoms with Gasteiger partial charge in [0.25, 0.3) is 0 Å². The van der Waals surface area contributed by atoms with Crippen LogP contribution in [-0.4, -0.2) is 21.4 Å². The second-order valence-corrected chi connectivity index (χ2v) is 5.05. The number of allylic oxidation sites excluding steroid dienone is 1. The highest BCUT2D eigenvalue weighted by Crippen LogP contribution is 2.20. The summed E-state index contributed by atoms with van der Waals surface area (Å²) in [6.45, 7) is 1.70. The van der Waals surface area contributed by atoms with Gasteiger partial charge in [-0.25, -0.2) is 13.1 Å². The third-order valence-corrected chi connectivity index (χ3v) is 3.49. The molecular weight excluding hydrogens is 240 g/mol. The summed E-state index contributed by atoms with van der Waals surface area (Å²) in [5.74, 6) is -0.369. The Hall–Kier alpha value is -1.66. The molecule has 0 saturated heterocycles. The second-order valence-electron chi connectivity index (χ2n) is 3.19. The van der Waals surface area contributed by atoms with Crippen LogP contribution in [0.15, 0.2) is 41.3 Å². The fourth-order valence-corrected chi connectivity index (χ4v) is 2.13. The molecule has 1 aromatic carbocycles. The third kappa shape index (κ3) is 3.40. The van der Waals surface area contributed by atoms with Crippen LogP contribution in [0.4, 0.5) is 5.69 Å². The Morgan fingerprint density at radius 3 is 2.53 bits per heavy atom. The molecule has 0 aliphatic carbocycles. The van der Waals surface area contributed by atoms with Gasteiger partial charge in [-0.05, 0) is 32.2 Å². The predicted octanol–water partition coefficient (Wildman–Crippen LogP) is 1.11. The van der Waals surface area contributed by atoms with Gasteiger partial charge in [0.05, 0.1) is 5.69 Å². The van der Waals surface area contributed by atoms with Crippen molar-refractivity contribution in [3.8, 4) is 0 Å². The SMILES string of the molecule is CC=CC(=O)Nc1ccccc1S(=O)(=O)NC. The van der Waals surface area contributed by atoms with Gasteiger partial charge in [0.15, 0.2) is 0 Å². The van der Waals surface area contributed by atoms with Crippen molar-refractivity contribution in [3.63, 3.8) is 0 Å². The number of benzene rings is 1. The van der Waals surface area contributed by atoms with Crippen LogP contribution in [0.5, 0.6) is 0 Å². The van der Waals surface area contributed by atoms with E-state index in [1.165, 1.54) is 25.3 Å². The fraction of sp³-hybridized carbons (Fsp3) is 0.182. The van der Waals surface area contributed by atoms with E-state index in [0.717, 1.165) is 0 Å². The maximum atomic E-state index is 11.7. The third-order valence-electron chi connectivity index (χ3n) is 2.02. The number of hydrogen-bond donors (Lipinski definition) is 2. The monoisotopic (exact) mass is 254 g/mol. The second kappa shape index (κ2) is 5.60. The Bertz CT molecular complexity index is 535. The first-order valence-electron chi connectivity index (χ1n) is 4.97. The van der Waals surface area contributed by atoms with Crippen molar-refractivity contribution >= 4 is 21.6 Å². The van der Waals surface area contributed by atoms with Crippen LogP contribution in [0.1, 0.15) is 6.92 Å². The summed E-state index contributed by atoms with van der Waals surface area (Å²) in [6.07, 6.45) is 2.90. The van der Waals surface area contributed by atoms with Gasteiger partial charge in [-0.3, -0.25) is 4.79 Å². The van der Waals surface area contributed by atoms with Crippen molar-refractivity contribution in [2.45, 2.75) is 11.8 Å². The lowest BCUT2D eigenvalue weighted by Crippen LogP contribution is -2.21. The van der Waals surface area contributed by atoms with E-state index in [0.29, 0.717) is 0 Å². The predicted molar refractivity (Wildman–Crippen MR) is 66.1 cm³/mol. The Labute approximate surface area is 101 Å². The van der Waals surface area contributed by atoms with E-state index in [-0.39, 0.29) is 16.5 Å². The van der Waals surface area contributed by atoms with E-state index in [2.05, 4.69) is 10.0 Å². The van der Waals surface area contributed by atoms with Crippen molar-refractivity contribution in [1.29, 1.82) is 0 Å². The zero-order valence-electron chi connectivity index (χ0n) is 9.60. The average Bonchev–Trinajstić information content (AvgIpc) is 2.30. The normalized spacial score (nSPS) is 11.6. The smallest absolute Gasteiger partial charge is 0.248 e. The molecule has 0 aliphatic rings. The van der Waals surface area contributed by atoms with Crippen LogP contribution in [0.3, 0.4) is 0 Å². The first-order valence-corrected chi connectivity index (χ1v) is 6.46. The van der Waals surface area contributed by atoms with Crippen molar-refractivity contribution in [2.24, 2.45) is 0 Å². The largest absolute Gasteiger partial charge is 0.321 e. The molecule has 0 radical (unpaired) electrons. The molecule has 5 nitrogen and oxygen atoms in total. The minimum absolute atomic E-state index is 0.0420. The molecule has 0 bridgehead atoms. The van der Waals surface area contributed by atoms with Gasteiger partial charge in [-0.15, -0.1) is 0 Å². The molecule has 1 amide bonds. The van der Waals surface area contributed by atoms with Gasteiger partial charge in [0, 0.05) is 0 Å². The van der Waals surface area contributed by atoms with Crippen LogP contribution in [0.2, 0.25) is 0 Å². The van der Waals surface area contributed by atoms with Crippen molar-refractivity contribution < 1.29 is 13.2 Å². The zero-order chi connectivity index (χ0) is 12.9. The molecule has 2 N–H and O–H groups in total. The van der Waals surface area contributed by atoms with Gasteiger partial charge in [0.1, 0.15) is 4.90 Å². The Morgan fingerprint density at radius 1 is 1.29 bits per heavy atom. The number of sulfonamides is 1. The molecule has 0 aromatic heterocycles. The number of amides is 1. The zero-order valence-corrected chi connectivity index (χ0v) is 10.4. The highest BCUT2D eigenvalue weighted by molar-refractivity contribution is 7.89. The summed E-state index contributed by atoms with van der Waals surface area (Å²) in [7, 11) is -2.26. The Morgan fingerprint density at radius 2 is 1.94 bits per heavy atom. The first kappa shape index (κ1) is 13.4. The molecule has 1 aromatic rings. The molecule has 0 saturated carbocycles. The molecular formula is C11H14N2O3S. The van der Waals surface area contributed by atoms with E-state index in [1.54, 1.807) is 25.1 Å². The minimum atomic E-state index is -3.58. The van der Waals surface area contributed by atoms with Crippen molar-refractivity contribution in [1.82, 2.24) is 4.72 Å². The summed E-state index contributed by atoms with van der Waals surface area (Å²) in [5.41, 5.74) is 0.255. The summed E-state index contributed by atoms with van der Waals surface area (Å²) >= 11 is 0. The Kier molecular flexibility index (Phi) is 4.42. The van der Waals surface area contributed by atoms with Gasteiger partial charge in [0.2, 0.25) is 15.9 Å². The van der Waals surface area contributed by atoms with Crippen LogP contribution < -0.4 is 10.0 Å². The highest BCUT2D eigenvalue weighted by atomic mass is 32.2. The summed E-state index contributed by atoms with van der Waals surface area (Å²) < 4.78 is 25.6. The van der Waals surface area contributed by atoms with Gasteiger partial charge < -0.3 is 5.32 Å². The first-order chi connectivity index (χ1) is 8.01. The van der Waals surface area contributed by atoms with Crippen molar-refractivity contribution in [2.75, 3.05) is 12.4 Å². The topological polar surface area (TPSA) is 75.3 Å². The lowest BCUT2D eigenvalue weighted by atomic mass is 10.3. The molecule has 1 rings (SSSR count). The standard InChI is InChI=1S/C11H14N2O3S/c1-3-6-11(14)13-9-7-4-5-8-10(9)17(15,16)12-2/h3-8,12H,1-2H3,(H,13,14). The summed E-state index contributed by atoms with van der Waals surface area (Å²) in [4.78, 5) is 11.4. The van der Waals surface area contributed by atoms with Gasteiger partial charge >= 0.3 is 0 Å². The molecule has 0 spiro atoms. The summed E-state index contributed by atoms with van der Waals surface area (Å²) in [5, 5.41) is 2.51. The Balaban J connectivity index is 3.14. The molecule has 0 unspecified atom stereocenters. The van der Waals surface area contributed by atoms with E-state index in [9.17, 15) is 13.2 Å². The van der Waals surface area contributed by atoms with E-state index in [4.69, 9.17) is 0 Å². The number of anilines is 1. The lowest BCUT2D eigenvalue weighted by Gasteiger charge is -2.09. The molecule has 17 heavy (non-hydrogen) atoms. The van der Waals surface area contributed by atoms with E-state index in [1.807, 2.05) is 0 Å². The molecule has 0 heterocycles. The van der Waals surface area contributed by atoms with E-state index < -0.39 is 10.0 Å². The van der Waals surface area contributed by atoms with Crippen LogP contribution in [0.25, 0.3) is 0 Å². The van der Waals surface area contributed by atoms with Gasteiger partial charge in [-0.2, -0.15) is 0 Å². The van der Waals surface area contributed by atoms with Crippen LogP contribution in [0, 0.1) is 0 Å². The summed E-state index contributed by atoms with van der Waals surface area (Å²) in [6, 6.07) is 6.21. The molecule has 6 heteroatoms. The maximum Gasteiger partial charge on any atom is 0.248 e. The number of rotatable bonds is 4. The quantitative estimate of drug-likeness (QED) is 0.790. The van der Waals surface area contributed by atoms with Crippen molar-refractivity contribution in [3.05, 3.63) is 36.4 Å². The number of para-hydroxylation sites is 1. The number of nitrogens with one attached hydrogen (secondary N) is 2. The molecule has 0 atom stereocenters. The number of carbonyl (C=O) groups excluding carboxylic acids is 1. The van der Waals surface area contributed by atoms with Crippen LogP contribution in [-0.2, 0) is 14.8 Å². The number of hydrogen-bond acceptors (Lipinski definition) is 3. The van der Waals surface area contributed by atoms with Gasteiger partial charge in [-0.1, -0.05) is 18.2 Å². The van der Waals surface area contributed by atoms with E-state index >= 15 is 0 Å². The highest BCUT2D eigenvalue weighted by Gasteiger charge is 2.16. The average molecular weight is 254 g/mol.